The molecule has 2 N–H and O–H groups in total. The molecule has 0 aliphatic heterocycles. The lowest BCUT2D eigenvalue weighted by molar-refractivity contribution is -0.139. The molecule has 3 nitrogen and oxygen atoms in total. The fourth-order valence-electron chi connectivity index (χ4n) is 3.23. The van der Waals surface area contributed by atoms with Crippen LogP contribution in [0.2, 0.25) is 0 Å². The van der Waals surface area contributed by atoms with Crippen LogP contribution in [0.15, 0.2) is 0 Å². The normalized spacial score (nSPS) is 12.4. The van der Waals surface area contributed by atoms with Crippen molar-refractivity contribution >= 4 is 5.97 Å². The highest BCUT2D eigenvalue weighted by Gasteiger charge is 2.08. The minimum absolute atomic E-state index is 0.112. The summed E-state index contributed by atoms with van der Waals surface area (Å²) < 4.78 is 0. The second-order valence-electron chi connectivity index (χ2n) is 7.34. The van der Waals surface area contributed by atoms with Gasteiger partial charge < -0.3 is 10.2 Å². The Kier molecular flexibility index (Phi) is 18.3. The Hall–Kier alpha value is -0.570. The summed E-state index contributed by atoms with van der Waals surface area (Å²) in [4.78, 5) is 10.4. The van der Waals surface area contributed by atoms with Gasteiger partial charge in [0.2, 0.25) is 0 Å². The lowest BCUT2D eigenvalue weighted by Gasteiger charge is -2.07. The molecule has 0 saturated heterocycles. The second-order valence-corrected chi connectivity index (χ2v) is 7.34. The molecule has 0 aromatic carbocycles. The van der Waals surface area contributed by atoms with Crippen molar-refractivity contribution in [2.75, 3.05) is 0 Å². The molecule has 0 radical (unpaired) electrons. The van der Waals surface area contributed by atoms with Crippen LogP contribution in [0.3, 0.4) is 0 Å². The van der Waals surface area contributed by atoms with Gasteiger partial charge in [-0.1, -0.05) is 110 Å². The van der Waals surface area contributed by atoms with Crippen LogP contribution >= 0.6 is 0 Å². The summed E-state index contributed by atoms with van der Waals surface area (Å²) in [6, 6.07) is 0. The molecule has 0 aliphatic rings. The maximum atomic E-state index is 10.4. The maximum absolute atomic E-state index is 10.4. The number of aliphatic carboxylic acids is 1. The Labute approximate surface area is 150 Å². The van der Waals surface area contributed by atoms with Crippen molar-refractivity contribution in [3.63, 3.8) is 0 Å². The van der Waals surface area contributed by atoms with E-state index in [1.165, 1.54) is 89.9 Å². The molecule has 0 aromatic rings. The van der Waals surface area contributed by atoms with Crippen molar-refractivity contribution in [3.8, 4) is 0 Å². The third-order valence-electron chi connectivity index (χ3n) is 4.80. The van der Waals surface area contributed by atoms with Gasteiger partial charge in [-0.25, -0.2) is 0 Å². The third kappa shape index (κ3) is 19.5. The molecule has 0 amide bonds. The largest absolute Gasteiger partial charge is 0.481 e. The van der Waals surface area contributed by atoms with Crippen molar-refractivity contribution in [2.24, 2.45) is 0 Å². The average Bonchev–Trinajstić information content (AvgIpc) is 2.53. The number of carbonyl (C=O) groups is 1. The van der Waals surface area contributed by atoms with E-state index in [4.69, 9.17) is 5.11 Å². The molecule has 1 unspecified atom stereocenters. The molecule has 0 saturated carbocycles. The molecule has 0 fully saturated rings. The molecular weight excluding hydrogens is 300 g/mol. The quantitative estimate of drug-likeness (QED) is 0.264. The minimum Gasteiger partial charge on any atom is -0.481 e. The first-order valence-electron chi connectivity index (χ1n) is 10.6. The molecule has 0 spiro atoms. The zero-order valence-electron chi connectivity index (χ0n) is 16.1. The second kappa shape index (κ2) is 18.8. The fourth-order valence-corrected chi connectivity index (χ4v) is 3.23. The Bertz CT molecular complexity index is 266. The monoisotopic (exact) mass is 342 g/mol. The summed E-state index contributed by atoms with van der Waals surface area (Å²) in [5.41, 5.74) is 0. The number of carboxylic acids is 1. The first-order valence-corrected chi connectivity index (χ1v) is 10.6. The van der Waals surface area contributed by atoms with Crippen LogP contribution in [0.5, 0.6) is 0 Å². The van der Waals surface area contributed by atoms with Gasteiger partial charge >= 0.3 is 5.97 Å². The van der Waals surface area contributed by atoms with Gasteiger partial charge in [0.15, 0.2) is 0 Å². The van der Waals surface area contributed by atoms with Gasteiger partial charge in [0.25, 0.3) is 0 Å². The minimum atomic E-state index is -0.904. The van der Waals surface area contributed by atoms with Gasteiger partial charge in [-0.2, -0.15) is 0 Å². The third-order valence-corrected chi connectivity index (χ3v) is 4.80. The van der Waals surface area contributed by atoms with E-state index in [2.05, 4.69) is 6.92 Å². The predicted molar refractivity (Wildman–Crippen MR) is 102 cm³/mol. The summed E-state index contributed by atoms with van der Waals surface area (Å²) in [7, 11) is 0. The van der Waals surface area contributed by atoms with Crippen LogP contribution in [-0.2, 0) is 4.79 Å². The van der Waals surface area contributed by atoms with Crippen molar-refractivity contribution in [1.29, 1.82) is 0 Å². The van der Waals surface area contributed by atoms with Crippen LogP contribution in [-0.4, -0.2) is 22.3 Å². The van der Waals surface area contributed by atoms with E-state index in [1.807, 2.05) is 0 Å². The van der Waals surface area contributed by atoms with E-state index in [0.29, 0.717) is 6.42 Å². The Morgan fingerprint density at radius 3 is 1.33 bits per heavy atom. The van der Waals surface area contributed by atoms with Crippen LogP contribution in [0, 0.1) is 0 Å². The van der Waals surface area contributed by atoms with E-state index in [0.717, 1.165) is 12.8 Å². The number of aliphatic hydroxyl groups excluding tert-OH is 1. The summed E-state index contributed by atoms with van der Waals surface area (Å²) in [6.45, 7) is 2.27. The standard InChI is InChI=1S/C21H42O3/c1-2-3-4-5-6-7-8-9-10-11-12-13-14-15-16-17-18-20(22)19-21(23)24/h20,22H,2-19H2,1H3,(H,23,24). The Morgan fingerprint density at radius 1 is 0.667 bits per heavy atom. The van der Waals surface area contributed by atoms with E-state index >= 15 is 0 Å². The van der Waals surface area contributed by atoms with Crippen molar-refractivity contribution in [3.05, 3.63) is 0 Å². The Balaban J connectivity index is 3.06. The van der Waals surface area contributed by atoms with Gasteiger partial charge in [0.05, 0.1) is 12.5 Å². The van der Waals surface area contributed by atoms with E-state index in [9.17, 15) is 9.90 Å². The molecule has 0 rings (SSSR count). The summed E-state index contributed by atoms with van der Waals surface area (Å²) in [5.74, 6) is -0.904. The molecule has 3 heteroatoms. The van der Waals surface area contributed by atoms with E-state index < -0.39 is 12.1 Å². The molecule has 24 heavy (non-hydrogen) atoms. The first kappa shape index (κ1) is 23.4. The van der Waals surface area contributed by atoms with Gasteiger partial charge in [0.1, 0.15) is 0 Å². The zero-order chi connectivity index (χ0) is 17.9. The fraction of sp³-hybridized carbons (Fsp3) is 0.952. The van der Waals surface area contributed by atoms with Crippen LogP contribution in [0.25, 0.3) is 0 Å². The number of hydrogen-bond acceptors (Lipinski definition) is 2. The van der Waals surface area contributed by atoms with Gasteiger partial charge in [0, 0.05) is 0 Å². The molecule has 1 atom stereocenters. The van der Waals surface area contributed by atoms with Crippen LogP contribution < -0.4 is 0 Å². The number of unbranched alkanes of at least 4 members (excludes halogenated alkanes) is 15. The highest BCUT2D eigenvalue weighted by molar-refractivity contribution is 5.67. The Morgan fingerprint density at radius 2 is 1.00 bits per heavy atom. The summed E-state index contributed by atoms with van der Waals surface area (Å²) in [5, 5.41) is 18.0. The SMILES string of the molecule is CCCCCCCCCCCCCCCCCCC(O)CC(=O)O. The molecule has 0 bridgehead atoms. The number of aliphatic hydroxyl groups is 1. The first-order chi connectivity index (χ1) is 11.7. The average molecular weight is 343 g/mol. The van der Waals surface area contributed by atoms with Gasteiger partial charge in [-0.05, 0) is 6.42 Å². The van der Waals surface area contributed by atoms with Crippen LogP contribution in [0.1, 0.15) is 122 Å². The molecule has 0 aromatic heterocycles. The van der Waals surface area contributed by atoms with E-state index in [1.54, 1.807) is 0 Å². The van der Waals surface area contributed by atoms with Crippen molar-refractivity contribution < 1.29 is 15.0 Å². The molecule has 0 aliphatic carbocycles. The lowest BCUT2D eigenvalue weighted by Crippen LogP contribution is -2.12. The number of carboxylic acid groups (broad SMARTS) is 1. The smallest absolute Gasteiger partial charge is 0.305 e. The summed E-state index contributed by atoms with van der Waals surface area (Å²) in [6.07, 6.45) is 21.2. The van der Waals surface area contributed by atoms with Gasteiger partial charge in [-0.15, -0.1) is 0 Å². The number of hydrogen-bond donors (Lipinski definition) is 2. The number of rotatable bonds is 19. The highest BCUT2D eigenvalue weighted by atomic mass is 16.4. The van der Waals surface area contributed by atoms with Crippen molar-refractivity contribution in [2.45, 2.75) is 129 Å². The molecule has 0 heterocycles. The summed E-state index contributed by atoms with van der Waals surface area (Å²) >= 11 is 0. The van der Waals surface area contributed by atoms with E-state index in [-0.39, 0.29) is 6.42 Å². The van der Waals surface area contributed by atoms with Crippen LogP contribution in [0.4, 0.5) is 0 Å². The van der Waals surface area contributed by atoms with Crippen molar-refractivity contribution in [1.82, 2.24) is 0 Å². The zero-order valence-corrected chi connectivity index (χ0v) is 16.1. The molecule has 144 valence electrons. The maximum Gasteiger partial charge on any atom is 0.305 e. The van der Waals surface area contributed by atoms with Gasteiger partial charge in [-0.3, -0.25) is 4.79 Å². The topological polar surface area (TPSA) is 57.5 Å². The highest BCUT2D eigenvalue weighted by Crippen LogP contribution is 2.14. The lowest BCUT2D eigenvalue weighted by atomic mass is 10.0. The molecular formula is C21H42O3. The predicted octanol–water partition coefficient (Wildman–Crippen LogP) is 6.47.